The SMILES string of the molecule is COc1ccc(NC(=O)c2cnn(-c3ccccc3)n2)cc1OC. The van der Waals surface area contributed by atoms with Crippen molar-refractivity contribution in [1.82, 2.24) is 15.0 Å². The number of aromatic nitrogens is 3. The van der Waals surface area contributed by atoms with E-state index in [4.69, 9.17) is 9.47 Å². The first-order chi connectivity index (χ1) is 11.7. The number of hydrogen-bond donors (Lipinski definition) is 1. The molecule has 1 aromatic heterocycles. The zero-order chi connectivity index (χ0) is 16.9. The molecule has 7 heteroatoms. The molecule has 0 radical (unpaired) electrons. The number of carbonyl (C=O) groups excluding carboxylic acids is 1. The van der Waals surface area contributed by atoms with Crippen molar-refractivity contribution in [2.45, 2.75) is 0 Å². The Hall–Kier alpha value is -3.35. The van der Waals surface area contributed by atoms with Crippen molar-refractivity contribution in [1.29, 1.82) is 0 Å². The number of nitrogens with one attached hydrogen (secondary N) is 1. The van der Waals surface area contributed by atoms with Gasteiger partial charge in [-0.1, -0.05) is 18.2 Å². The van der Waals surface area contributed by atoms with E-state index >= 15 is 0 Å². The molecule has 0 aliphatic rings. The molecule has 0 atom stereocenters. The van der Waals surface area contributed by atoms with Gasteiger partial charge < -0.3 is 14.8 Å². The molecule has 7 nitrogen and oxygen atoms in total. The summed E-state index contributed by atoms with van der Waals surface area (Å²) in [5.74, 6) is 0.762. The van der Waals surface area contributed by atoms with Crippen LogP contribution in [0.5, 0.6) is 11.5 Å². The fourth-order valence-corrected chi connectivity index (χ4v) is 2.16. The molecule has 24 heavy (non-hydrogen) atoms. The van der Waals surface area contributed by atoms with Crippen LogP contribution < -0.4 is 14.8 Å². The van der Waals surface area contributed by atoms with Crippen LogP contribution in [0.3, 0.4) is 0 Å². The minimum atomic E-state index is -0.357. The predicted octanol–water partition coefficient (Wildman–Crippen LogP) is 2.54. The summed E-state index contributed by atoms with van der Waals surface area (Å²) in [6.07, 6.45) is 1.42. The summed E-state index contributed by atoms with van der Waals surface area (Å²) in [4.78, 5) is 13.7. The maximum Gasteiger partial charge on any atom is 0.277 e. The van der Waals surface area contributed by atoms with E-state index in [2.05, 4.69) is 15.5 Å². The third-order valence-electron chi connectivity index (χ3n) is 3.35. The van der Waals surface area contributed by atoms with Gasteiger partial charge in [0.05, 0.1) is 26.1 Å². The van der Waals surface area contributed by atoms with E-state index in [9.17, 15) is 4.79 Å². The highest BCUT2D eigenvalue weighted by Gasteiger charge is 2.13. The number of benzene rings is 2. The third-order valence-corrected chi connectivity index (χ3v) is 3.35. The molecule has 122 valence electrons. The van der Waals surface area contributed by atoms with Crippen molar-refractivity contribution in [2.75, 3.05) is 19.5 Å². The van der Waals surface area contributed by atoms with Gasteiger partial charge in [-0.05, 0) is 24.3 Å². The van der Waals surface area contributed by atoms with Crippen LogP contribution in [0.1, 0.15) is 10.5 Å². The summed E-state index contributed by atoms with van der Waals surface area (Å²) in [6, 6.07) is 14.5. The smallest absolute Gasteiger partial charge is 0.277 e. The van der Waals surface area contributed by atoms with E-state index in [1.807, 2.05) is 30.3 Å². The Balaban J connectivity index is 1.77. The van der Waals surface area contributed by atoms with Crippen molar-refractivity contribution < 1.29 is 14.3 Å². The summed E-state index contributed by atoms with van der Waals surface area (Å²) in [5.41, 5.74) is 1.57. The largest absolute Gasteiger partial charge is 0.493 e. The Bertz CT molecular complexity index is 846. The maximum absolute atomic E-state index is 12.3. The summed E-state index contributed by atoms with van der Waals surface area (Å²) in [5, 5.41) is 11.1. The highest BCUT2D eigenvalue weighted by molar-refractivity contribution is 6.02. The second-order valence-electron chi connectivity index (χ2n) is 4.88. The van der Waals surface area contributed by atoms with Crippen LogP contribution in [-0.4, -0.2) is 35.1 Å². The van der Waals surface area contributed by atoms with Gasteiger partial charge in [0.2, 0.25) is 0 Å². The van der Waals surface area contributed by atoms with Gasteiger partial charge in [-0.15, -0.1) is 5.10 Å². The quantitative estimate of drug-likeness (QED) is 0.780. The molecule has 0 bridgehead atoms. The van der Waals surface area contributed by atoms with E-state index in [0.717, 1.165) is 5.69 Å². The minimum Gasteiger partial charge on any atom is -0.493 e. The molecule has 1 heterocycles. The van der Waals surface area contributed by atoms with Gasteiger partial charge in [0, 0.05) is 11.8 Å². The van der Waals surface area contributed by atoms with Gasteiger partial charge in [-0.25, -0.2) is 0 Å². The minimum absolute atomic E-state index is 0.216. The maximum atomic E-state index is 12.3. The molecule has 3 rings (SSSR count). The summed E-state index contributed by atoms with van der Waals surface area (Å²) < 4.78 is 10.4. The standard InChI is InChI=1S/C17H16N4O3/c1-23-15-9-8-12(10-16(15)24-2)19-17(22)14-11-18-21(20-14)13-6-4-3-5-7-13/h3-11H,1-2H3,(H,19,22). The fourth-order valence-electron chi connectivity index (χ4n) is 2.16. The number of anilines is 1. The summed E-state index contributed by atoms with van der Waals surface area (Å²) in [6.45, 7) is 0. The van der Waals surface area contributed by atoms with Gasteiger partial charge in [-0.3, -0.25) is 4.79 Å². The molecule has 0 aliphatic heterocycles. The lowest BCUT2D eigenvalue weighted by Gasteiger charge is -2.09. The molecule has 0 spiro atoms. The lowest BCUT2D eigenvalue weighted by molar-refractivity contribution is 0.102. The molecule has 2 aromatic carbocycles. The van der Waals surface area contributed by atoms with Crippen molar-refractivity contribution in [3.63, 3.8) is 0 Å². The Labute approximate surface area is 138 Å². The second-order valence-corrected chi connectivity index (χ2v) is 4.88. The van der Waals surface area contributed by atoms with Crippen molar-refractivity contribution >= 4 is 11.6 Å². The van der Waals surface area contributed by atoms with E-state index in [0.29, 0.717) is 17.2 Å². The summed E-state index contributed by atoms with van der Waals surface area (Å²) >= 11 is 0. The van der Waals surface area contributed by atoms with Crippen LogP contribution in [0, 0.1) is 0 Å². The van der Waals surface area contributed by atoms with Gasteiger partial charge >= 0.3 is 0 Å². The Morgan fingerprint density at radius 2 is 1.79 bits per heavy atom. The molecule has 0 aliphatic carbocycles. The van der Waals surface area contributed by atoms with Crippen LogP contribution in [0.25, 0.3) is 5.69 Å². The lowest BCUT2D eigenvalue weighted by atomic mass is 10.2. The average molecular weight is 324 g/mol. The first-order valence-corrected chi connectivity index (χ1v) is 7.22. The van der Waals surface area contributed by atoms with Crippen molar-refractivity contribution in [3.05, 3.63) is 60.4 Å². The van der Waals surface area contributed by atoms with Gasteiger partial charge in [0.1, 0.15) is 0 Å². The number of carbonyl (C=O) groups is 1. The highest BCUT2D eigenvalue weighted by Crippen LogP contribution is 2.29. The van der Waals surface area contributed by atoms with Gasteiger partial charge in [-0.2, -0.15) is 9.90 Å². The zero-order valence-electron chi connectivity index (χ0n) is 13.3. The molecular weight excluding hydrogens is 308 g/mol. The number of ether oxygens (including phenoxy) is 2. The Morgan fingerprint density at radius 1 is 1.04 bits per heavy atom. The van der Waals surface area contributed by atoms with E-state index in [-0.39, 0.29) is 11.6 Å². The molecule has 0 unspecified atom stereocenters. The van der Waals surface area contributed by atoms with Crippen molar-refractivity contribution in [2.24, 2.45) is 0 Å². The normalized spacial score (nSPS) is 10.2. The monoisotopic (exact) mass is 324 g/mol. The van der Waals surface area contributed by atoms with E-state index in [1.165, 1.54) is 18.1 Å². The first kappa shape index (κ1) is 15.5. The van der Waals surface area contributed by atoms with Crippen LogP contribution in [0.4, 0.5) is 5.69 Å². The summed E-state index contributed by atoms with van der Waals surface area (Å²) in [7, 11) is 3.09. The number of methoxy groups -OCH3 is 2. The molecule has 3 aromatic rings. The molecular formula is C17H16N4O3. The number of amides is 1. The average Bonchev–Trinajstić information content (AvgIpc) is 3.12. The zero-order valence-corrected chi connectivity index (χ0v) is 13.3. The fraction of sp³-hybridized carbons (Fsp3) is 0.118. The predicted molar refractivity (Wildman–Crippen MR) is 88.9 cm³/mol. The number of hydrogen-bond acceptors (Lipinski definition) is 5. The topological polar surface area (TPSA) is 78.3 Å². The number of para-hydroxylation sites is 1. The van der Waals surface area contributed by atoms with Crippen LogP contribution in [0.15, 0.2) is 54.7 Å². The molecule has 0 saturated heterocycles. The second kappa shape index (κ2) is 6.82. The Kier molecular flexibility index (Phi) is 4.42. The van der Waals surface area contributed by atoms with E-state index < -0.39 is 0 Å². The molecule has 0 saturated carbocycles. The van der Waals surface area contributed by atoms with Crippen LogP contribution >= 0.6 is 0 Å². The third kappa shape index (κ3) is 3.19. The first-order valence-electron chi connectivity index (χ1n) is 7.22. The Morgan fingerprint density at radius 3 is 2.50 bits per heavy atom. The molecule has 1 amide bonds. The number of nitrogens with zero attached hydrogens (tertiary/aromatic N) is 3. The number of rotatable bonds is 5. The van der Waals surface area contributed by atoms with Crippen LogP contribution in [0.2, 0.25) is 0 Å². The van der Waals surface area contributed by atoms with Crippen LogP contribution in [-0.2, 0) is 0 Å². The van der Waals surface area contributed by atoms with Crippen molar-refractivity contribution in [3.8, 4) is 17.2 Å². The highest BCUT2D eigenvalue weighted by atomic mass is 16.5. The van der Waals surface area contributed by atoms with Gasteiger partial charge in [0.25, 0.3) is 5.91 Å². The van der Waals surface area contributed by atoms with Gasteiger partial charge in [0.15, 0.2) is 17.2 Å². The lowest BCUT2D eigenvalue weighted by Crippen LogP contribution is -2.13. The molecule has 0 fully saturated rings. The van der Waals surface area contributed by atoms with E-state index in [1.54, 1.807) is 25.3 Å². The molecule has 1 N–H and O–H groups in total.